The van der Waals surface area contributed by atoms with Crippen molar-refractivity contribution in [2.75, 3.05) is 10.6 Å². The first-order chi connectivity index (χ1) is 13.0. The van der Waals surface area contributed by atoms with Gasteiger partial charge in [-0.3, -0.25) is 4.79 Å². The van der Waals surface area contributed by atoms with Crippen LogP contribution in [0.25, 0.3) is 0 Å². The lowest BCUT2D eigenvalue weighted by molar-refractivity contribution is 0.102. The average molecular weight is 383 g/mol. The monoisotopic (exact) mass is 382 g/mol. The highest BCUT2D eigenvalue weighted by atomic mass is 35.5. The van der Waals surface area contributed by atoms with E-state index in [1.807, 2.05) is 38.1 Å². The van der Waals surface area contributed by atoms with E-state index in [4.69, 9.17) is 16.3 Å². The van der Waals surface area contributed by atoms with Gasteiger partial charge in [0.1, 0.15) is 5.75 Å². The number of hydrogen-bond acceptors (Lipinski definition) is 5. The van der Waals surface area contributed by atoms with Crippen molar-refractivity contribution in [2.45, 2.75) is 20.0 Å². The zero-order valence-electron chi connectivity index (χ0n) is 14.9. The lowest BCUT2D eigenvalue weighted by atomic mass is 10.2. The molecule has 138 valence electrons. The zero-order valence-corrected chi connectivity index (χ0v) is 15.7. The average Bonchev–Trinajstić information content (AvgIpc) is 2.65. The SMILES string of the molecule is CC(C)Oc1ccc(Nc2ccc(NC(=O)c3ccc(Cl)cc3)nn2)cc1. The van der Waals surface area contributed by atoms with Crippen LogP contribution in [0.5, 0.6) is 5.75 Å². The van der Waals surface area contributed by atoms with Gasteiger partial charge in [0.2, 0.25) is 0 Å². The summed E-state index contributed by atoms with van der Waals surface area (Å²) < 4.78 is 5.61. The molecule has 0 fully saturated rings. The first kappa shape index (κ1) is 18.7. The summed E-state index contributed by atoms with van der Waals surface area (Å²) in [6, 6.07) is 17.6. The van der Waals surface area contributed by atoms with Crippen LogP contribution in [0.3, 0.4) is 0 Å². The molecule has 3 rings (SSSR count). The van der Waals surface area contributed by atoms with Crippen LogP contribution < -0.4 is 15.4 Å². The molecular weight excluding hydrogens is 364 g/mol. The first-order valence-corrected chi connectivity index (χ1v) is 8.82. The molecule has 0 saturated carbocycles. The Morgan fingerprint density at radius 2 is 1.56 bits per heavy atom. The second kappa shape index (κ2) is 8.51. The number of nitrogens with zero attached hydrogens (tertiary/aromatic N) is 2. The van der Waals surface area contributed by atoms with E-state index in [2.05, 4.69) is 20.8 Å². The van der Waals surface area contributed by atoms with Gasteiger partial charge < -0.3 is 15.4 Å². The second-order valence-corrected chi connectivity index (χ2v) is 6.52. The summed E-state index contributed by atoms with van der Waals surface area (Å²) >= 11 is 5.82. The van der Waals surface area contributed by atoms with E-state index in [9.17, 15) is 4.79 Å². The Hall–Kier alpha value is -3.12. The summed E-state index contributed by atoms with van der Waals surface area (Å²) in [5.41, 5.74) is 1.35. The van der Waals surface area contributed by atoms with Crippen LogP contribution in [0.15, 0.2) is 60.7 Å². The quantitative estimate of drug-likeness (QED) is 0.633. The minimum absolute atomic E-state index is 0.130. The third-order valence-corrected chi connectivity index (χ3v) is 3.76. The van der Waals surface area contributed by atoms with Gasteiger partial charge >= 0.3 is 0 Å². The van der Waals surface area contributed by atoms with Gasteiger partial charge in [0, 0.05) is 16.3 Å². The summed E-state index contributed by atoms with van der Waals surface area (Å²) in [4.78, 5) is 12.2. The summed E-state index contributed by atoms with van der Waals surface area (Å²) in [5, 5.41) is 14.5. The Bertz CT molecular complexity index is 895. The smallest absolute Gasteiger partial charge is 0.256 e. The van der Waals surface area contributed by atoms with E-state index >= 15 is 0 Å². The van der Waals surface area contributed by atoms with Gasteiger partial charge in [0.05, 0.1) is 6.10 Å². The fourth-order valence-corrected chi connectivity index (χ4v) is 2.42. The molecule has 1 heterocycles. The molecule has 0 unspecified atom stereocenters. The molecule has 0 saturated heterocycles. The molecule has 0 bridgehead atoms. The molecule has 3 aromatic rings. The largest absolute Gasteiger partial charge is 0.491 e. The third-order valence-electron chi connectivity index (χ3n) is 3.51. The molecule has 2 N–H and O–H groups in total. The number of rotatable bonds is 6. The fraction of sp³-hybridized carbons (Fsp3) is 0.150. The molecule has 0 atom stereocenters. The number of halogens is 1. The second-order valence-electron chi connectivity index (χ2n) is 6.08. The molecule has 27 heavy (non-hydrogen) atoms. The Morgan fingerprint density at radius 1 is 0.926 bits per heavy atom. The highest BCUT2D eigenvalue weighted by Gasteiger charge is 2.07. The Balaban J connectivity index is 1.60. The molecule has 7 heteroatoms. The lowest BCUT2D eigenvalue weighted by Crippen LogP contribution is -2.13. The summed E-state index contributed by atoms with van der Waals surface area (Å²) in [5.74, 6) is 1.46. The van der Waals surface area contributed by atoms with Crippen LogP contribution in [-0.4, -0.2) is 22.2 Å². The van der Waals surface area contributed by atoms with Gasteiger partial charge in [-0.15, -0.1) is 10.2 Å². The van der Waals surface area contributed by atoms with Crippen molar-refractivity contribution in [3.63, 3.8) is 0 Å². The molecule has 0 radical (unpaired) electrons. The van der Waals surface area contributed by atoms with Crippen molar-refractivity contribution in [3.05, 3.63) is 71.2 Å². The van der Waals surface area contributed by atoms with Crippen molar-refractivity contribution >= 4 is 34.8 Å². The Kier molecular flexibility index (Phi) is 5.88. The zero-order chi connectivity index (χ0) is 19.2. The molecule has 6 nitrogen and oxygen atoms in total. The molecule has 0 aliphatic rings. The number of benzene rings is 2. The molecule has 0 aliphatic heterocycles. The van der Waals surface area contributed by atoms with Crippen molar-refractivity contribution in [1.82, 2.24) is 10.2 Å². The van der Waals surface area contributed by atoms with E-state index in [1.165, 1.54) is 0 Å². The number of aromatic nitrogens is 2. The molecular formula is C20H19ClN4O2. The van der Waals surface area contributed by atoms with Gasteiger partial charge in [-0.25, -0.2) is 0 Å². The van der Waals surface area contributed by atoms with Crippen LogP contribution in [-0.2, 0) is 0 Å². The highest BCUT2D eigenvalue weighted by molar-refractivity contribution is 6.30. The van der Waals surface area contributed by atoms with Gasteiger partial charge in [-0.1, -0.05) is 11.6 Å². The molecule has 2 aromatic carbocycles. The minimum Gasteiger partial charge on any atom is -0.491 e. The number of carbonyl (C=O) groups excluding carboxylic acids is 1. The lowest BCUT2D eigenvalue weighted by Gasteiger charge is -2.11. The number of ether oxygens (including phenoxy) is 1. The molecule has 1 aromatic heterocycles. The predicted octanol–water partition coefficient (Wildman–Crippen LogP) is 4.91. The summed E-state index contributed by atoms with van der Waals surface area (Å²) in [7, 11) is 0. The van der Waals surface area contributed by atoms with E-state index in [0.717, 1.165) is 11.4 Å². The van der Waals surface area contributed by atoms with Crippen LogP contribution in [0.1, 0.15) is 24.2 Å². The number of nitrogens with one attached hydrogen (secondary N) is 2. The minimum atomic E-state index is -0.276. The van der Waals surface area contributed by atoms with Crippen molar-refractivity contribution in [2.24, 2.45) is 0 Å². The maximum Gasteiger partial charge on any atom is 0.256 e. The van der Waals surface area contributed by atoms with Crippen LogP contribution >= 0.6 is 11.6 Å². The Labute approximate surface area is 162 Å². The Morgan fingerprint density at radius 3 is 2.15 bits per heavy atom. The molecule has 0 aliphatic carbocycles. The fourth-order valence-electron chi connectivity index (χ4n) is 2.29. The number of anilines is 3. The van der Waals surface area contributed by atoms with Crippen LogP contribution in [0.4, 0.5) is 17.3 Å². The van der Waals surface area contributed by atoms with Crippen molar-refractivity contribution in [1.29, 1.82) is 0 Å². The molecule has 0 spiro atoms. The maximum absolute atomic E-state index is 12.2. The van der Waals surface area contributed by atoms with Gasteiger partial charge in [-0.05, 0) is 74.5 Å². The maximum atomic E-state index is 12.2. The van der Waals surface area contributed by atoms with E-state index in [1.54, 1.807) is 36.4 Å². The van der Waals surface area contributed by atoms with Crippen LogP contribution in [0.2, 0.25) is 5.02 Å². The standard InChI is InChI=1S/C20H19ClN4O2/c1-13(2)27-17-9-7-16(8-10-17)22-18-11-12-19(25-24-18)23-20(26)14-3-5-15(21)6-4-14/h3-13H,1-2H3,(H,22,24)(H,23,25,26). The van der Waals surface area contributed by atoms with E-state index in [-0.39, 0.29) is 12.0 Å². The normalized spacial score (nSPS) is 10.5. The van der Waals surface area contributed by atoms with Crippen LogP contribution in [0, 0.1) is 0 Å². The van der Waals surface area contributed by atoms with Crippen molar-refractivity contribution in [3.8, 4) is 5.75 Å². The topological polar surface area (TPSA) is 76.1 Å². The van der Waals surface area contributed by atoms with Gasteiger partial charge in [0.15, 0.2) is 11.6 Å². The van der Waals surface area contributed by atoms with E-state index in [0.29, 0.717) is 22.2 Å². The third kappa shape index (κ3) is 5.43. The number of hydrogen-bond donors (Lipinski definition) is 2. The number of carbonyl (C=O) groups is 1. The first-order valence-electron chi connectivity index (χ1n) is 8.44. The van der Waals surface area contributed by atoms with Crippen molar-refractivity contribution < 1.29 is 9.53 Å². The van der Waals surface area contributed by atoms with E-state index < -0.39 is 0 Å². The van der Waals surface area contributed by atoms with Gasteiger partial charge in [-0.2, -0.15) is 0 Å². The van der Waals surface area contributed by atoms with Gasteiger partial charge in [0.25, 0.3) is 5.91 Å². The molecule has 1 amide bonds. The summed E-state index contributed by atoms with van der Waals surface area (Å²) in [6.45, 7) is 3.96. The number of amides is 1. The highest BCUT2D eigenvalue weighted by Crippen LogP contribution is 2.20. The summed E-state index contributed by atoms with van der Waals surface area (Å²) in [6.07, 6.45) is 0.130. The predicted molar refractivity (Wildman–Crippen MR) is 107 cm³/mol.